The van der Waals surface area contributed by atoms with Crippen molar-refractivity contribution in [1.29, 1.82) is 0 Å². The number of nitrogens with zero attached hydrogens (tertiary/aromatic N) is 1. The number of rotatable bonds is 4. The molecule has 0 aromatic heterocycles. The lowest BCUT2D eigenvalue weighted by Crippen LogP contribution is -2.42. The summed E-state index contributed by atoms with van der Waals surface area (Å²) in [5.41, 5.74) is 0.728. The molecular formula is C13H15Cl2NO4S. The largest absolute Gasteiger partial charge is 0.481 e. The quantitative estimate of drug-likeness (QED) is 0.900. The second kappa shape index (κ2) is 6.52. The number of sulfone groups is 1. The van der Waals surface area contributed by atoms with Crippen LogP contribution in [0.4, 0.5) is 0 Å². The molecule has 1 saturated heterocycles. The van der Waals surface area contributed by atoms with E-state index in [1.807, 2.05) is 4.90 Å². The van der Waals surface area contributed by atoms with Crippen molar-refractivity contribution in [2.45, 2.75) is 12.5 Å². The molecule has 1 fully saturated rings. The van der Waals surface area contributed by atoms with Crippen LogP contribution < -0.4 is 0 Å². The van der Waals surface area contributed by atoms with Gasteiger partial charge < -0.3 is 5.11 Å². The van der Waals surface area contributed by atoms with Gasteiger partial charge in [-0.2, -0.15) is 0 Å². The first-order chi connectivity index (χ1) is 9.78. The zero-order chi connectivity index (χ0) is 15.6. The molecule has 1 aromatic carbocycles. The molecule has 1 aromatic rings. The predicted molar refractivity (Wildman–Crippen MR) is 81.7 cm³/mol. The summed E-state index contributed by atoms with van der Waals surface area (Å²) >= 11 is 11.9. The molecule has 1 aliphatic heterocycles. The van der Waals surface area contributed by atoms with Crippen molar-refractivity contribution >= 4 is 39.0 Å². The summed E-state index contributed by atoms with van der Waals surface area (Å²) in [6, 6.07) is 4.58. The lowest BCUT2D eigenvalue weighted by Gasteiger charge is -2.34. The van der Waals surface area contributed by atoms with E-state index in [9.17, 15) is 13.2 Å². The minimum Gasteiger partial charge on any atom is -0.481 e. The van der Waals surface area contributed by atoms with E-state index in [1.54, 1.807) is 18.2 Å². The summed E-state index contributed by atoms with van der Waals surface area (Å²) in [6.07, 6.45) is -0.113. The Hall–Kier alpha value is -0.820. The molecule has 116 valence electrons. The second-order valence-corrected chi connectivity index (χ2v) is 8.09. The van der Waals surface area contributed by atoms with Gasteiger partial charge in [0.05, 0.1) is 28.0 Å². The van der Waals surface area contributed by atoms with E-state index >= 15 is 0 Å². The molecule has 0 aliphatic carbocycles. The Labute approximate surface area is 133 Å². The van der Waals surface area contributed by atoms with Crippen molar-refractivity contribution in [2.75, 3.05) is 24.6 Å². The summed E-state index contributed by atoms with van der Waals surface area (Å²) < 4.78 is 23.0. The van der Waals surface area contributed by atoms with Crippen LogP contribution in [0.1, 0.15) is 18.0 Å². The second-order valence-electron chi connectivity index (χ2n) is 4.97. The van der Waals surface area contributed by atoms with Crippen molar-refractivity contribution in [3.05, 3.63) is 33.8 Å². The fraction of sp³-hybridized carbons (Fsp3) is 0.462. The molecule has 1 atom stereocenters. The SMILES string of the molecule is O=C(O)C[C@@H](c1ccc(Cl)c(Cl)c1)N1CCS(=O)(=O)CC1. The number of halogens is 2. The Morgan fingerprint density at radius 3 is 2.38 bits per heavy atom. The molecule has 21 heavy (non-hydrogen) atoms. The van der Waals surface area contributed by atoms with Gasteiger partial charge in [-0.05, 0) is 17.7 Å². The molecule has 1 aliphatic rings. The van der Waals surface area contributed by atoms with Gasteiger partial charge in [-0.1, -0.05) is 29.3 Å². The Morgan fingerprint density at radius 1 is 1.24 bits per heavy atom. The lowest BCUT2D eigenvalue weighted by molar-refractivity contribution is -0.138. The third-order valence-corrected chi connectivity index (χ3v) is 5.86. The van der Waals surface area contributed by atoms with Gasteiger partial charge in [0, 0.05) is 19.1 Å². The summed E-state index contributed by atoms with van der Waals surface area (Å²) in [5.74, 6) is -0.853. The molecule has 0 unspecified atom stereocenters. The fourth-order valence-corrected chi connectivity index (χ4v) is 3.92. The van der Waals surface area contributed by atoms with E-state index in [1.165, 1.54) is 0 Å². The third kappa shape index (κ3) is 4.32. The highest BCUT2D eigenvalue weighted by Gasteiger charge is 2.29. The van der Waals surface area contributed by atoms with Gasteiger partial charge in [0.15, 0.2) is 9.84 Å². The number of hydrogen-bond donors (Lipinski definition) is 1. The van der Waals surface area contributed by atoms with Gasteiger partial charge in [-0.3, -0.25) is 9.69 Å². The van der Waals surface area contributed by atoms with Crippen molar-refractivity contribution in [1.82, 2.24) is 4.90 Å². The van der Waals surface area contributed by atoms with Crippen molar-refractivity contribution < 1.29 is 18.3 Å². The first-order valence-corrected chi connectivity index (χ1v) is 8.97. The van der Waals surface area contributed by atoms with Crippen LogP contribution in [0.25, 0.3) is 0 Å². The van der Waals surface area contributed by atoms with Gasteiger partial charge in [-0.25, -0.2) is 8.42 Å². The van der Waals surface area contributed by atoms with Gasteiger partial charge in [-0.15, -0.1) is 0 Å². The first kappa shape index (κ1) is 16.5. The van der Waals surface area contributed by atoms with E-state index in [0.717, 1.165) is 5.56 Å². The topological polar surface area (TPSA) is 74.7 Å². The standard InChI is InChI=1S/C13H15Cl2NO4S/c14-10-2-1-9(7-11(10)15)12(8-13(17)18)16-3-5-21(19,20)6-4-16/h1-2,7,12H,3-6,8H2,(H,17,18)/t12-/m0/s1. The zero-order valence-electron chi connectivity index (χ0n) is 11.1. The zero-order valence-corrected chi connectivity index (χ0v) is 13.5. The monoisotopic (exact) mass is 351 g/mol. The number of hydrogen-bond acceptors (Lipinski definition) is 4. The normalized spacial score (nSPS) is 20.1. The first-order valence-electron chi connectivity index (χ1n) is 6.40. The predicted octanol–water partition coefficient (Wildman–Crippen LogP) is 2.24. The number of carboxylic acid groups (broad SMARTS) is 1. The highest BCUT2D eigenvalue weighted by atomic mass is 35.5. The highest BCUT2D eigenvalue weighted by molar-refractivity contribution is 7.91. The van der Waals surface area contributed by atoms with Crippen LogP contribution >= 0.6 is 23.2 Å². The van der Waals surface area contributed by atoms with Crippen LogP contribution in [-0.4, -0.2) is 49.0 Å². The molecule has 5 nitrogen and oxygen atoms in total. The Balaban J connectivity index is 2.26. The maximum atomic E-state index is 11.5. The smallest absolute Gasteiger partial charge is 0.305 e. The van der Waals surface area contributed by atoms with Crippen LogP contribution in [0.5, 0.6) is 0 Å². The number of aliphatic carboxylic acids is 1. The molecule has 0 radical (unpaired) electrons. The lowest BCUT2D eigenvalue weighted by atomic mass is 10.0. The van der Waals surface area contributed by atoms with Crippen LogP contribution in [0.15, 0.2) is 18.2 Å². The van der Waals surface area contributed by atoms with Crippen LogP contribution in [0.3, 0.4) is 0 Å². The minimum absolute atomic E-state index is 0.0461. The van der Waals surface area contributed by atoms with Crippen LogP contribution in [0, 0.1) is 0 Å². The summed E-state index contributed by atoms with van der Waals surface area (Å²) in [5, 5.41) is 9.85. The third-order valence-electron chi connectivity index (χ3n) is 3.52. The van der Waals surface area contributed by atoms with E-state index < -0.39 is 21.8 Å². The molecule has 2 rings (SSSR count). The Bertz CT molecular complexity index is 634. The van der Waals surface area contributed by atoms with E-state index in [4.69, 9.17) is 28.3 Å². The van der Waals surface area contributed by atoms with Gasteiger partial charge in [0.25, 0.3) is 0 Å². The Kier molecular flexibility index (Phi) is 5.14. The van der Waals surface area contributed by atoms with Crippen molar-refractivity contribution in [2.24, 2.45) is 0 Å². The minimum atomic E-state index is -3.01. The summed E-state index contributed by atoms with van der Waals surface area (Å²) in [4.78, 5) is 13.0. The Morgan fingerprint density at radius 2 is 1.86 bits per heavy atom. The molecular weight excluding hydrogens is 337 g/mol. The molecule has 0 saturated carbocycles. The summed E-state index contributed by atoms with van der Waals surface area (Å²) in [7, 11) is -3.01. The van der Waals surface area contributed by atoms with E-state index in [-0.39, 0.29) is 17.9 Å². The summed E-state index contributed by atoms with van der Waals surface area (Å²) in [6.45, 7) is 0.640. The molecule has 0 bridgehead atoms. The highest BCUT2D eigenvalue weighted by Crippen LogP contribution is 2.31. The molecule has 1 heterocycles. The number of carboxylic acids is 1. The molecule has 0 amide bonds. The van der Waals surface area contributed by atoms with Crippen LogP contribution in [0.2, 0.25) is 10.0 Å². The maximum Gasteiger partial charge on any atom is 0.305 e. The van der Waals surface area contributed by atoms with Crippen LogP contribution in [-0.2, 0) is 14.6 Å². The number of benzene rings is 1. The van der Waals surface area contributed by atoms with Gasteiger partial charge in [0.1, 0.15) is 0 Å². The fourth-order valence-electron chi connectivity index (χ4n) is 2.38. The van der Waals surface area contributed by atoms with Crippen molar-refractivity contribution in [3.63, 3.8) is 0 Å². The molecule has 8 heteroatoms. The molecule has 1 N–H and O–H groups in total. The van der Waals surface area contributed by atoms with Gasteiger partial charge >= 0.3 is 5.97 Å². The number of carbonyl (C=O) groups is 1. The van der Waals surface area contributed by atoms with E-state index in [2.05, 4.69) is 0 Å². The van der Waals surface area contributed by atoms with Crippen molar-refractivity contribution in [3.8, 4) is 0 Å². The average Bonchev–Trinajstić information content (AvgIpc) is 2.39. The molecule has 0 spiro atoms. The van der Waals surface area contributed by atoms with E-state index in [0.29, 0.717) is 23.1 Å². The maximum absolute atomic E-state index is 11.5. The van der Waals surface area contributed by atoms with Gasteiger partial charge in [0.2, 0.25) is 0 Å². The average molecular weight is 352 g/mol.